The van der Waals surface area contributed by atoms with Crippen LogP contribution in [0.4, 0.5) is 0 Å². The predicted octanol–water partition coefficient (Wildman–Crippen LogP) is 11.5. The third kappa shape index (κ3) is 10.1. The van der Waals surface area contributed by atoms with E-state index in [2.05, 4.69) is 0 Å². The van der Waals surface area contributed by atoms with Gasteiger partial charge in [-0.3, -0.25) is 4.79 Å². The summed E-state index contributed by atoms with van der Waals surface area (Å²) in [6.45, 7) is 9.11. The molecular formula is C47H46O7. The molecule has 276 valence electrons. The highest BCUT2D eigenvalue weighted by Gasteiger charge is 2.22. The van der Waals surface area contributed by atoms with E-state index in [0.717, 1.165) is 22.3 Å². The van der Waals surface area contributed by atoms with Gasteiger partial charge >= 0.3 is 0 Å². The van der Waals surface area contributed by atoms with Crippen LogP contribution in [0.15, 0.2) is 161 Å². The van der Waals surface area contributed by atoms with Crippen LogP contribution in [0, 0.1) is 0 Å². The van der Waals surface area contributed by atoms with Crippen molar-refractivity contribution in [3.63, 3.8) is 0 Å². The molecule has 7 heteroatoms. The van der Waals surface area contributed by atoms with Gasteiger partial charge in [0.1, 0.15) is 48.9 Å². The highest BCUT2D eigenvalue weighted by molar-refractivity contribution is 5.88. The zero-order valence-corrected chi connectivity index (χ0v) is 31.2. The third-order valence-corrected chi connectivity index (χ3v) is 8.07. The SMILES string of the molecule is CC.CC.O=c1c(O)c(-c2ccc(OCc3ccccc3)c(OCc3ccccc3)c2)oc2cc(OCc3ccccc3)cc(OCc3ccccc3)c12. The van der Waals surface area contributed by atoms with E-state index in [0.29, 0.717) is 36.0 Å². The lowest BCUT2D eigenvalue weighted by molar-refractivity contribution is 0.256. The van der Waals surface area contributed by atoms with Crippen LogP contribution in [0.5, 0.6) is 28.7 Å². The van der Waals surface area contributed by atoms with Gasteiger partial charge in [-0.2, -0.15) is 0 Å². The second-order valence-corrected chi connectivity index (χ2v) is 11.7. The molecule has 0 aliphatic carbocycles. The first kappa shape index (κ1) is 38.8. The molecule has 1 heterocycles. The van der Waals surface area contributed by atoms with E-state index in [-0.39, 0.29) is 35.7 Å². The Balaban J connectivity index is 0.00000136. The molecule has 0 spiro atoms. The quantitative estimate of drug-likeness (QED) is 0.127. The van der Waals surface area contributed by atoms with Gasteiger partial charge in [0, 0.05) is 17.7 Å². The fourth-order valence-corrected chi connectivity index (χ4v) is 5.47. The van der Waals surface area contributed by atoms with Crippen molar-refractivity contribution in [1.29, 1.82) is 0 Å². The van der Waals surface area contributed by atoms with E-state index in [1.807, 2.05) is 149 Å². The summed E-state index contributed by atoms with van der Waals surface area (Å²) in [5.74, 6) is 1.05. The first-order valence-electron chi connectivity index (χ1n) is 18.3. The number of hydrogen-bond acceptors (Lipinski definition) is 7. The molecule has 0 atom stereocenters. The minimum absolute atomic E-state index is 0.0177. The number of benzene rings is 6. The maximum atomic E-state index is 13.9. The van der Waals surface area contributed by atoms with E-state index < -0.39 is 11.2 Å². The summed E-state index contributed by atoms with van der Waals surface area (Å²) in [6.07, 6.45) is 0. The zero-order valence-electron chi connectivity index (χ0n) is 31.2. The Kier molecular flexibility index (Phi) is 14.3. The molecule has 0 unspecified atom stereocenters. The van der Waals surface area contributed by atoms with Crippen LogP contribution >= 0.6 is 0 Å². The Morgan fingerprint density at radius 3 is 1.39 bits per heavy atom. The van der Waals surface area contributed by atoms with Gasteiger partial charge < -0.3 is 28.5 Å². The van der Waals surface area contributed by atoms with Gasteiger partial charge in [0.2, 0.25) is 11.2 Å². The lowest BCUT2D eigenvalue weighted by Gasteiger charge is -2.16. The Morgan fingerprint density at radius 2 is 0.907 bits per heavy atom. The molecule has 0 saturated heterocycles. The van der Waals surface area contributed by atoms with Crippen LogP contribution in [0.1, 0.15) is 49.9 Å². The fourth-order valence-electron chi connectivity index (χ4n) is 5.47. The van der Waals surface area contributed by atoms with E-state index in [9.17, 15) is 9.90 Å². The Bertz CT molecular complexity index is 2230. The van der Waals surface area contributed by atoms with E-state index in [4.69, 9.17) is 23.4 Å². The maximum Gasteiger partial charge on any atom is 0.238 e. The normalized spacial score (nSPS) is 10.3. The molecule has 7 nitrogen and oxygen atoms in total. The number of rotatable bonds is 13. The lowest BCUT2D eigenvalue weighted by Crippen LogP contribution is -2.07. The topological polar surface area (TPSA) is 87.4 Å². The van der Waals surface area contributed by atoms with E-state index in [1.54, 1.807) is 30.3 Å². The second kappa shape index (κ2) is 20.0. The summed E-state index contributed by atoms with van der Waals surface area (Å²) in [5.41, 5.74) is 3.86. The number of ether oxygens (including phenoxy) is 4. The van der Waals surface area contributed by atoms with Gasteiger partial charge in [-0.15, -0.1) is 0 Å². The Hall–Kier alpha value is -6.47. The number of hydrogen-bond donors (Lipinski definition) is 1. The van der Waals surface area contributed by atoms with E-state index in [1.165, 1.54) is 0 Å². The molecule has 7 aromatic rings. The minimum Gasteiger partial charge on any atom is -0.502 e. The molecule has 6 aromatic carbocycles. The van der Waals surface area contributed by atoms with Gasteiger partial charge in [0.15, 0.2) is 17.3 Å². The van der Waals surface area contributed by atoms with Crippen molar-refractivity contribution < 1.29 is 28.5 Å². The summed E-state index contributed by atoms with van der Waals surface area (Å²) in [5, 5.41) is 11.4. The summed E-state index contributed by atoms with van der Waals surface area (Å²) in [6, 6.07) is 47.4. The molecule has 0 amide bonds. The van der Waals surface area contributed by atoms with Crippen molar-refractivity contribution in [2.75, 3.05) is 0 Å². The molecule has 0 fully saturated rings. The van der Waals surface area contributed by atoms with Gasteiger partial charge in [-0.25, -0.2) is 0 Å². The average molecular weight is 723 g/mol. The van der Waals surface area contributed by atoms with Crippen LogP contribution < -0.4 is 24.4 Å². The maximum absolute atomic E-state index is 13.9. The van der Waals surface area contributed by atoms with Gasteiger partial charge in [0.05, 0.1) is 0 Å². The first-order chi connectivity index (χ1) is 26.6. The van der Waals surface area contributed by atoms with Crippen LogP contribution in [0.3, 0.4) is 0 Å². The lowest BCUT2D eigenvalue weighted by atomic mass is 10.1. The Morgan fingerprint density at radius 1 is 0.481 bits per heavy atom. The predicted molar refractivity (Wildman–Crippen MR) is 215 cm³/mol. The van der Waals surface area contributed by atoms with Gasteiger partial charge in [0.25, 0.3) is 0 Å². The highest BCUT2D eigenvalue weighted by atomic mass is 16.5. The Labute approximate surface area is 317 Å². The molecular weight excluding hydrogens is 677 g/mol. The summed E-state index contributed by atoms with van der Waals surface area (Å²) < 4.78 is 31.1. The molecule has 0 aliphatic rings. The van der Waals surface area contributed by atoms with Crippen molar-refractivity contribution in [2.24, 2.45) is 0 Å². The third-order valence-electron chi connectivity index (χ3n) is 8.07. The standard InChI is InChI=1S/C43H34O7.2C2H6/c44-41-40-38(49-29-33-19-11-4-12-20-33)24-35(46-26-30-13-5-1-6-14-30)25-39(40)50-43(42(41)45)34-21-22-36(47-27-31-15-7-2-8-16-31)37(23-34)48-28-32-17-9-3-10-18-32;2*1-2/h1-25,45H,26-29H2;2*1-2H3. The molecule has 1 N–H and O–H groups in total. The molecule has 1 aromatic heterocycles. The molecule has 0 aliphatic heterocycles. The largest absolute Gasteiger partial charge is 0.502 e. The zero-order chi connectivity index (χ0) is 38.1. The van der Waals surface area contributed by atoms with E-state index >= 15 is 0 Å². The molecule has 0 bridgehead atoms. The molecule has 7 rings (SSSR count). The molecule has 0 saturated carbocycles. The summed E-state index contributed by atoms with van der Waals surface area (Å²) in [7, 11) is 0. The monoisotopic (exact) mass is 722 g/mol. The molecule has 0 radical (unpaired) electrons. The first-order valence-corrected chi connectivity index (χ1v) is 18.3. The fraction of sp³-hybridized carbons (Fsp3) is 0.170. The number of fused-ring (bicyclic) bond motifs is 1. The second-order valence-electron chi connectivity index (χ2n) is 11.7. The van der Waals surface area contributed by atoms with Crippen LogP contribution in [0.25, 0.3) is 22.3 Å². The van der Waals surface area contributed by atoms with Crippen molar-refractivity contribution in [3.8, 4) is 40.1 Å². The summed E-state index contributed by atoms with van der Waals surface area (Å²) in [4.78, 5) is 13.9. The smallest absolute Gasteiger partial charge is 0.238 e. The molecule has 54 heavy (non-hydrogen) atoms. The van der Waals surface area contributed by atoms with Crippen molar-refractivity contribution in [2.45, 2.75) is 54.1 Å². The van der Waals surface area contributed by atoms with Crippen molar-refractivity contribution in [1.82, 2.24) is 0 Å². The van der Waals surface area contributed by atoms with Gasteiger partial charge in [-0.05, 0) is 40.5 Å². The minimum atomic E-state index is -0.630. The number of aromatic hydroxyl groups is 1. The van der Waals surface area contributed by atoms with Crippen LogP contribution in [-0.4, -0.2) is 5.11 Å². The highest BCUT2D eigenvalue weighted by Crippen LogP contribution is 2.40. The van der Waals surface area contributed by atoms with Crippen molar-refractivity contribution in [3.05, 3.63) is 184 Å². The summed E-state index contributed by atoms with van der Waals surface area (Å²) >= 11 is 0. The van der Waals surface area contributed by atoms with Crippen molar-refractivity contribution >= 4 is 11.0 Å². The van der Waals surface area contributed by atoms with Gasteiger partial charge in [-0.1, -0.05) is 149 Å². The average Bonchev–Trinajstić information content (AvgIpc) is 3.25. The van der Waals surface area contributed by atoms with Crippen LogP contribution in [-0.2, 0) is 26.4 Å². The van der Waals surface area contributed by atoms with Crippen LogP contribution in [0.2, 0.25) is 0 Å².